The molecule has 1 aromatic heterocycles. The molecule has 18 heavy (non-hydrogen) atoms. The maximum absolute atomic E-state index is 11.2. The summed E-state index contributed by atoms with van der Waals surface area (Å²) < 4.78 is 4.57. The zero-order chi connectivity index (χ0) is 12.8. The number of hydrogen-bond donors (Lipinski definition) is 1. The standard InChI is InChI=1S/C12H17N3O2S/c1-17-12(16)10-5-6-11(15-14-10)13-8-9-4-2-3-7-18-9/h5-6,9H,2-4,7-8H2,1H3,(H,13,15). The van der Waals surface area contributed by atoms with E-state index in [9.17, 15) is 4.79 Å². The van der Waals surface area contributed by atoms with E-state index in [-0.39, 0.29) is 5.69 Å². The van der Waals surface area contributed by atoms with Crippen molar-refractivity contribution < 1.29 is 9.53 Å². The lowest BCUT2D eigenvalue weighted by Crippen LogP contribution is -2.20. The van der Waals surface area contributed by atoms with Gasteiger partial charge in [-0.3, -0.25) is 0 Å². The number of thioether (sulfide) groups is 1. The Bertz CT molecular complexity index is 391. The first kappa shape index (κ1) is 13.1. The molecule has 0 bridgehead atoms. The number of nitrogens with one attached hydrogen (secondary N) is 1. The summed E-state index contributed by atoms with van der Waals surface area (Å²) in [6.45, 7) is 0.900. The van der Waals surface area contributed by atoms with E-state index in [1.165, 1.54) is 32.1 Å². The minimum atomic E-state index is -0.461. The molecule has 0 aromatic carbocycles. The molecule has 0 radical (unpaired) electrons. The van der Waals surface area contributed by atoms with Gasteiger partial charge in [-0.2, -0.15) is 11.8 Å². The third-order valence-corrected chi connectivity index (χ3v) is 4.24. The lowest BCUT2D eigenvalue weighted by atomic mass is 10.2. The van der Waals surface area contributed by atoms with Crippen molar-refractivity contribution in [1.82, 2.24) is 10.2 Å². The van der Waals surface area contributed by atoms with Crippen molar-refractivity contribution in [3.05, 3.63) is 17.8 Å². The highest BCUT2D eigenvalue weighted by Crippen LogP contribution is 2.24. The number of ether oxygens (including phenoxy) is 1. The molecule has 1 unspecified atom stereocenters. The molecule has 0 saturated carbocycles. The Morgan fingerprint density at radius 1 is 1.50 bits per heavy atom. The fraction of sp³-hybridized carbons (Fsp3) is 0.583. The number of carbonyl (C=O) groups excluding carboxylic acids is 1. The van der Waals surface area contributed by atoms with Crippen LogP contribution in [0.25, 0.3) is 0 Å². The van der Waals surface area contributed by atoms with Crippen molar-refractivity contribution >= 4 is 23.5 Å². The van der Waals surface area contributed by atoms with Crippen LogP contribution < -0.4 is 5.32 Å². The van der Waals surface area contributed by atoms with Crippen molar-refractivity contribution in [3.63, 3.8) is 0 Å². The van der Waals surface area contributed by atoms with Crippen LogP contribution in [0.2, 0.25) is 0 Å². The maximum atomic E-state index is 11.2. The van der Waals surface area contributed by atoms with Crippen LogP contribution >= 0.6 is 11.8 Å². The van der Waals surface area contributed by atoms with Crippen LogP contribution in [0, 0.1) is 0 Å². The van der Waals surface area contributed by atoms with Crippen LogP contribution in [0.4, 0.5) is 5.82 Å². The van der Waals surface area contributed by atoms with Crippen molar-refractivity contribution in [3.8, 4) is 0 Å². The molecule has 1 N–H and O–H groups in total. The normalized spacial score (nSPS) is 19.3. The maximum Gasteiger partial charge on any atom is 0.358 e. The lowest BCUT2D eigenvalue weighted by molar-refractivity contribution is 0.0593. The summed E-state index contributed by atoms with van der Waals surface area (Å²) in [5, 5.41) is 11.7. The number of methoxy groups -OCH3 is 1. The molecule has 2 rings (SSSR count). The fourth-order valence-corrected chi connectivity index (χ4v) is 3.07. The van der Waals surface area contributed by atoms with Crippen LogP contribution in [-0.4, -0.2) is 40.8 Å². The number of esters is 1. The highest BCUT2D eigenvalue weighted by atomic mass is 32.2. The zero-order valence-electron chi connectivity index (χ0n) is 10.4. The van der Waals surface area contributed by atoms with Gasteiger partial charge in [0.25, 0.3) is 0 Å². The van der Waals surface area contributed by atoms with E-state index < -0.39 is 5.97 Å². The van der Waals surface area contributed by atoms with Crippen LogP contribution in [0.5, 0.6) is 0 Å². The molecule has 1 fully saturated rings. The third kappa shape index (κ3) is 3.60. The Labute approximate surface area is 111 Å². The van der Waals surface area contributed by atoms with E-state index in [1.807, 2.05) is 11.8 Å². The number of nitrogens with zero attached hydrogens (tertiary/aromatic N) is 2. The molecule has 5 nitrogen and oxygen atoms in total. The lowest BCUT2D eigenvalue weighted by Gasteiger charge is -2.21. The molecule has 98 valence electrons. The number of aromatic nitrogens is 2. The molecule has 0 amide bonds. The number of carbonyl (C=O) groups is 1. The molecule has 6 heteroatoms. The smallest absolute Gasteiger partial charge is 0.358 e. The summed E-state index contributed by atoms with van der Waals surface area (Å²) in [7, 11) is 1.33. The Kier molecular flexibility index (Phi) is 4.81. The molecule has 1 saturated heterocycles. The first-order valence-corrected chi connectivity index (χ1v) is 7.12. The van der Waals surface area contributed by atoms with E-state index in [2.05, 4.69) is 20.3 Å². The van der Waals surface area contributed by atoms with E-state index in [0.29, 0.717) is 11.1 Å². The van der Waals surface area contributed by atoms with Gasteiger partial charge < -0.3 is 10.1 Å². The van der Waals surface area contributed by atoms with Gasteiger partial charge in [0.2, 0.25) is 0 Å². The minimum absolute atomic E-state index is 0.232. The van der Waals surface area contributed by atoms with Crippen LogP contribution in [-0.2, 0) is 4.74 Å². The van der Waals surface area contributed by atoms with E-state index >= 15 is 0 Å². The second kappa shape index (κ2) is 6.58. The summed E-state index contributed by atoms with van der Waals surface area (Å²) in [4.78, 5) is 11.2. The quantitative estimate of drug-likeness (QED) is 0.841. The Balaban J connectivity index is 1.84. The van der Waals surface area contributed by atoms with Gasteiger partial charge in [-0.15, -0.1) is 10.2 Å². The van der Waals surface area contributed by atoms with Gasteiger partial charge in [-0.1, -0.05) is 6.42 Å². The average Bonchev–Trinajstić information content (AvgIpc) is 2.46. The molecule has 1 atom stereocenters. The molecule has 0 aliphatic carbocycles. The summed E-state index contributed by atoms with van der Waals surface area (Å²) >= 11 is 2.01. The van der Waals surface area contributed by atoms with Gasteiger partial charge in [-0.25, -0.2) is 4.79 Å². The van der Waals surface area contributed by atoms with Gasteiger partial charge in [0.05, 0.1) is 7.11 Å². The molecular weight excluding hydrogens is 250 g/mol. The summed E-state index contributed by atoms with van der Waals surface area (Å²) in [5.74, 6) is 1.49. The number of anilines is 1. The Hall–Kier alpha value is -1.30. The van der Waals surface area contributed by atoms with E-state index in [1.54, 1.807) is 12.1 Å². The van der Waals surface area contributed by atoms with Gasteiger partial charge in [0.1, 0.15) is 5.82 Å². The predicted molar refractivity (Wildman–Crippen MR) is 72.0 cm³/mol. The van der Waals surface area contributed by atoms with Crippen LogP contribution in [0.15, 0.2) is 12.1 Å². The SMILES string of the molecule is COC(=O)c1ccc(NCC2CCCCS2)nn1. The minimum Gasteiger partial charge on any atom is -0.464 e. The van der Waals surface area contributed by atoms with E-state index in [4.69, 9.17) is 0 Å². The van der Waals surface area contributed by atoms with Crippen LogP contribution in [0.1, 0.15) is 29.8 Å². The second-order valence-electron chi connectivity index (χ2n) is 4.16. The average molecular weight is 267 g/mol. The van der Waals surface area contributed by atoms with Crippen molar-refractivity contribution in [2.75, 3.05) is 24.7 Å². The molecule has 0 spiro atoms. The van der Waals surface area contributed by atoms with Crippen molar-refractivity contribution in [1.29, 1.82) is 0 Å². The number of hydrogen-bond acceptors (Lipinski definition) is 6. The number of rotatable bonds is 4. The summed E-state index contributed by atoms with van der Waals surface area (Å²) in [5.41, 5.74) is 0.232. The molecule has 1 aliphatic rings. The fourth-order valence-electron chi connectivity index (χ4n) is 1.83. The van der Waals surface area contributed by atoms with Gasteiger partial charge in [0, 0.05) is 11.8 Å². The predicted octanol–water partition coefficient (Wildman–Crippen LogP) is 1.96. The first-order valence-electron chi connectivity index (χ1n) is 6.07. The van der Waals surface area contributed by atoms with Gasteiger partial charge >= 0.3 is 5.97 Å². The zero-order valence-corrected chi connectivity index (χ0v) is 11.2. The van der Waals surface area contributed by atoms with Gasteiger partial charge in [-0.05, 0) is 30.7 Å². The van der Waals surface area contributed by atoms with Crippen molar-refractivity contribution in [2.45, 2.75) is 24.5 Å². The summed E-state index contributed by atoms with van der Waals surface area (Å²) in [6.07, 6.45) is 3.90. The van der Waals surface area contributed by atoms with Crippen molar-refractivity contribution in [2.24, 2.45) is 0 Å². The Morgan fingerprint density at radius 3 is 3.00 bits per heavy atom. The first-order chi connectivity index (χ1) is 8.79. The van der Waals surface area contributed by atoms with Crippen LogP contribution in [0.3, 0.4) is 0 Å². The highest BCUT2D eigenvalue weighted by Gasteiger charge is 2.14. The van der Waals surface area contributed by atoms with Gasteiger partial charge in [0.15, 0.2) is 5.69 Å². The summed E-state index contributed by atoms with van der Waals surface area (Å²) in [6, 6.07) is 3.38. The second-order valence-corrected chi connectivity index (χ2v) is 5.57. The molecular formula is C12H17N3O2S. The monoisotopic (exact) mass is 267 g/mol. The highest BCUT2D eigenvalue weighted by molar-refractivity contribution is 7.99. The largest absolute Gasteiger partial charge is 0.464 e. The van der Waals surface area contributed by atoms with E-state index in [0.717, 1.165) is 6.54 Å². The molecule has 1 aliphatic heterocycles. The topological polar surface area (TPSA) is 64.1 Å². The molecule has 1 aromatic rings. The third-order valence-electron chi connectivity index (χ3n) is 2.84. The Morgan fingerprint density at radius 2 is 2.39 bits per heavy atom. The molecule has 2 heterocycles.